The number of carbonyl (C=O) groups excluding carboxylic acids is 2. The Labute approximate surface area is 249 Å². The van der Waals surface area contributed by atoms with E-state index in [9.17, 15) is 14.7 Å². The molecule has 11 heteroatoms. The number of H-pyrrole nitrogens is 1. The summed E-state index contributed by atoms with van der Waals surface area (Å²) >= 11 is 8.67. The smallest absolute Gasteiger partial charge is 0.325 e. The van der Waals surface area contributed by atoms with Crippen LogP contribution in [-0.2, 0) is 11.2 Å². The Morgan fingerprint density at radius 2 is 1.82 bits per heavy atom. The van der Waals surface area contributed by atoms with E-state index >= 15 is 0 Å². The van der Waals surface area contributed by atoms with Crippen molar-refractivity contribution in [2.45, 2.75) is 24.6 Å². The maximum atomic E-state index is 13.7. The first-order valence-electron chi connectivity index (χ1n) is 12.5. The molecule has 9 nitrogen and oxygen atoms in total. The van der Waals surface area contributed by atoms with E-state index in [1.54, 1.807) is 30.5 Å². The van der Waals surface area contributed by atoms with Gasteiger partial charge in [0.1, 0.15) is 36.4 Å². The molecule has 3 amide bonds. The molecular weight excluding hydrogens is 647 g/mol. The molecule has 5 rings (SSSR count). The Hall–Kier alpha value is -3.45. The van der Waals surface area contributed by atoms with Crippen molar-refractivity contribution in [3.8, 4) is 17.0 Å². The van der Waals surface area contributed by atoms with Crippen LogP contribution in [0.25, 0.3) is 11.3 Å². The summed E-state index contributed by atoms with van der Waals surface area (Å²) in [5.74, 6) is 0.522. The minimum absolute atomic E-state index is 0.0670. The van der Waals surface area contributed by atoms with Crippen molar-refractivity contribution >= 4 is 46.1 Å². The molecule has 0 radical (unpaired) electrons. The van der Waals surface area contributed by atoms with E-state index < -0.39 is 36.7 Å². The van der Waals surface area contributed by atoms with Gasteiger partial charge < -0.3 is 25.3 Å². The van der Waals surface area contributed by atoms with E-state index in [0.717, 1.165) is 14.7 Å². The van der Waals surface area contributed by atoms with Gasteiger partial charge in [-0.2, -0.15) is 0 Å². The maximum Gasteiger partial charge on any atom is 0.325 e. The van der Waals surface area contributed by atoms with Crippen molar-refractivity contribution in [3.63, 3.8) is 0 Å². The molecule has 1 aliphatic heterocycles. The number of rotatable bonds is 10. The lowest BCUT2D eigenvalue weighted by atomic mass is 10.0. The Morgan fingerprint density at radius 3 is 2.52 bits per heavy atom. The monoisotopic (exact) mass is 672 g/mol. The van der Waals surface area contributed by atoms with Crippen LogP contribution >= 0.6 is 34.2 Å². The average molecular weight is 673 g/mol. The highest BCUT2D eigenvalue weighted by molar-refractivity contribution is 14.1. The number of urea groups is 1. The number of aromatic amines is 1. The predicted molar refractivity (Wildman–Crippen MR) is 158 cm³/mol. The number of amides is 3. The van der Waals surface area contributed by atoms with Gasteiger partial charge in [0.2, 0.25) is 0 Å². The van der Waals surface area contributed by atoms with Gasteiger partial charge in [-0.05, 0) is 58.0 Å². The quantitative estimate of drug-likeness (QED) is 0.144. The number of aliphatic hydroxyl groups is 2. The molecule has 0 bridgehead atoms. The highest BCUT2D eigenvalue weighted by atomic mass is 127. The highest BCUT2D eigenvalue weighted by Crippen LogP contribution is 2.34. The van der Waals surface area contributed by atoms with Crippen LogP contribution in [0.15, 0.2) is 79.0 Å². The SMILES string of the molecule is O=C1NC(c2ccc(OC[C@H](O)CO)cc2)C(=O)N1[C@H](Cc1ccccc1)c1ncc(-c2ccc(I)cc2Cl)[nH]1. The molecule has 40 heavy (non-hydrogen) atoms. The summed E-state index contributed by atoms with van der Waals surface area (Å²) in [6.45, 7) is -0.474. The molecule has 3 atom stereocenters. The fourth-order valence-corrected chi connectivity index (χ4v) is 5.47. The third-order valence-corrected chi connectivity index (χ3v) is 7.54. The summed E-state index contributed by atoms with van der Waals surface area (Å²) in [6.07, 6.45) is 1.03. The van der Waals surface area contributed by atoms with E-state index in [0.29, 0.717) is 34.3 Å². The Morgan fingerprint density at radius 1 is 1.07 bits per heavy atom. The number of aromatic nitrogens is 2. The number of nitrogens with one attached hydrogen (secondary N) is 2. The molecule has 4 aromatic rings. The third-order valence-electron chi connectivity index (χ3n) is 6.55. The second kappa shape index (κ2) is 12.4. The van der Waals surface area contributed by atoms with Gasteiger partial charge in [0.25, 0.3) is 5.91 Å². The van der Waals surface area contributed by atoms with Gasteiger partial charge in [-0.3, -0.25) is 9.69 Å². The molecule has 1 fully saturated rings. The van der Waals surface area contributed by atoms with E-state index in [4.69, 9.17) is 21.4 Å². The van der Waals surface area contributed by atoms with Gasteiger partial charge in [-0.25, -0.2) is 9.78 Å². The van der Waals surface area contributed by atoms with Gasteiger partial charge >= 0.3 is 6.03 Å². The largest absolute Gasteiger partial charge is 0.491 e. The first kappa shape index (κ1) is 28.1. The number of carbonyl (C=O) groups is 2. The molecular formula is C29H26ClIN4O5. The summed E-state index contributed by atoms with van der Waals surface area (Å²) in [5.41, 5.74) is 2.97. The van der Waals surface area contributed by atoms with E-state index in [1.165, 1.54) is 4.90 Å². The van der Waals surface area contributed by atoms with Crippen LogP contribution in [-0.4, -0.2) is 56.3 Å². The van der Waals surface area contributed by atoms with Crippen molar-refractivity contribution in [3.05, 3.63) is 105 Å². The maximum absolute atomic E-state index is 13.7. The van der Waals surface area contributed by atoms with Crippen molar-refractivity contribution in [1.29, 1.82) is 0 Å². The minimum atomic E-state index is -0.991. The Balaban J connectivity index is 1.42. The fourth-order valence-electron chi connectivity index (χ4n) is 4.51. The zero-order valence-electron chi connectivity index (χ0n) is 21.1. The molecule has 1 aliphatic rings. The molecule has 2 heterocycles. The number of imide groups is 1. The summed E-state index contributed by atoms with van der Waals surface area (Å²) in [7, 11) is 0. The van der Waals surface area contributed by atoms with E-state index in [2.05, 4.69) is 37.9 Å². The molecule has 0 aliphatic carbocycles. The van der Waals surface area contributed by atoms with Crippen LogP contribution in [0.1, 0.15) is 29.0 Å². The molecule has 1 unspecified atom stereocenters. The molecule has 1 saturated heterocycles. The molecule has 3 aromatic carbocycles. The zero-order valence-corrected chi connectivity index (χ0v) is 24.0. The topological polar surface area (TPSA) is 128 Å². The van der Waals surface area contributed by atoms with Crippen molar-refractivity contribution in [2.75, 3.05) is 13.2 Å². The number of halogens is 2. The van der Waals surface area contributed by atoms with Crippen LogP contribution in [0.5, 0.6) is 5.75 Å². The lowest BCUT2D eigenvalue weighted by molar-refractivity contribution is -0.129. The first-order valence-corrected chi connectivity index (χ1v) is 14.0. The predicted octanol–water partition coefficient (Wildman–Crippen LogP) is 4.64. The molecule has 206 valence electrons. The van der Waals surface area contributed by atoms with Crippen molar-refractivity contribution < 1.29 is 24.5 Å². The number of hydrogen-bond donors (Lipinski definition) is 4. The van der Waals surface area contributed by atoms with Crippen LogP contribution in [0.4, 0.5) is 4.79 Å². The van der Waals surface area contributed by atoms with Crippen LogP contribution in [0.3, 0.4) is 0 Å². The Bertz CT molecular complexity index is 1500. The second-order valence-electron chi connectivity index (χ2n) is 9.32. The Kier molecular flexibility index (Phi) is 8.69. The summed E-state index contributed by atoms with van der Waals surface area (Å²) < 4.78 is 6.45. The lowest BCUT2D eigenvalue weighted by Crippen LogP contribution is -2.36. The lowest BCUT2D eigenvalue weighted by Gasteiger charge is -2.24. The van der Waals surface area contributed by atoms with E-state index in [1.807, 2.05) is 48.5 Å². The molecule has 0 saturated carbocycles. The average Bonchev–Trinajstić information content (AvgIpc) is 3.55. The number of aliphatic hydroxyl groups excluding tert-OH is 2. The zero-order chi connectivity index (χ0) is 28.2. The summed E-state index contributed by atoms with van der Waals surface area (Å²) in [4.78, 5) is 36.1. The molecule has 0 spiro atoms. The number of imidazole rings is 1. The normalized spacial score (nSPS) is 16.6. The number of ether oxygens (including phenoxy) is 1. The first-order chi connectivity index (χ1) is 19.3. The van der Waals surface area contributed by atoms with Crippen LogP contribution in [0, 0.1) is 3.57 Å². The van der Waals surface area contributed by atoms with Crippen LogP contribution < -0.4 is 10.1 Å². The summed E-state index contributed by atoms with van der Waals surface area (Å²) in [6, 6.07) is 19.8. The van der Waals surface area contributed by atoms with Gasteiger partial charge in [-0.1, -0.05) is 60.1 Å². The molecule has 1 aromatic heterocycles. The number of benzene rings is 3. The van der Waals surface area contributed by atoms with Gasteiger partial charge in [-0.15, -0.1) is 0 Å². The summed E-state index contributed by atoms with van der Waals surface area (Å²) in [5, 5.41) is 21.8. The van der Waals surface area contributed by atoms with Crippen LogP contribution in [0.2, 0.25) is 5.02 Å². The fraction of sp³-hybridized carbons (Fsp3) is 0.207. The highest BCUT2D eigenvalue weighted by Gasteiger charge is 2.44. The molecule has 4 N–H and O–H groups in total. The number of nitrogens with zero attached hydrogens (tertiary/aromatic N) is 2. The number of hydrogen-bond acceptors (Lipinski definition) is 6. The van der Waals surface area contributed by atoms with E-state index in [-0.39, 0.29) is 6.61 Å². The second-order valence-corrected chi connectivity index (χ2v) is 11.0. The van der Waals surface area contributed by atoms with Gasteiger partial charge in [0, 0.05) is 15.6 Å². The van der Waals surface area contributed by atoms with Crippen molar-refractivity contribution in [2.24, 2.45) is 0 Å². The third kappa shape index (κ3) is 6.15. The minimum Gasteiger partial charge on any atom is -0.491 e. The van der Waals surface area contributed by atoms with Crippen molar-refractivity contribution in [1.82, 2.24) is 20.2 Å². The standard InChI is InChI=1S/C29H26ClIN4O5/c30-23-13-19(31)8-11-22(23)24-14-32-27(33-24)25(12-17-4-2-1-3-5-17)35-28(38)26(34-29(35)39)18-6-9-21(10-7-18)40-16-20(37)15-36/h1-11,13-14,20,25-26,36-37H,12,15-16H2,(H,32,33)(H,34,39)/t20-,25-,26?/m1/s1. The van der Waals surface area contributed by atoms with Gasteiger partial charge in [0.05, 0.1) is 23.5 Å². The van der Waals surface area contributed by atoms with Gasteiger partial charge in [0.15, 0.2) is 0 Å².